The molecule has 2 nitrogen and oxygen atoms in total. The second kappa shape index (κ2) is 5.47. The zero-order valence-corrected chi connectivity index (χ0v) is 9.16. The maximum absolute atomic E-state index is 11.8. The molecule has 0 aromatic rings. The van der Waals surface area contributed by atoms with Crippen molar-refractivity contribution in [1.29, 1.82) is 0 Å². The fourth-order valence-corrected chi connectivity index (χ4v) is 1.95. The summed E-state index contributed by atoms with van der Waals surface area (Å²) in [5.41, 5.74) is 0. The van der Waals surface area contributed by atoms with Crippen molar-refractivity contribution in [3.8, 4) is 0 Å². The third-order valence-corrected chi connectivity index (χ3v) is 3.94. The number of halogens is 1. The fraction of sp³-hybridized carbons (Fsp3) is 0.889. The monoisotopic (exact) mass is 208 g/mol. The Labute approximate surface area is 82.9 Å². The minimum absolute atomic E-state index is 0.0506. The fourth-order valence-electron chi connectivity index (χ4n) is 0.814. The van der Waals surface area contributed by atoms with E-state index in [-0.39, 0.29) is 12.6 Å². The minimum atomic E-state index is -0.814. The summed E-state index contributed by atoms with van der Waals surface area (Å²) in [5, 5.41) is 8.99. The summed E-state index contributed by atoms with van der Waals surface area (Å²) in [5.74, 6) is -0.196. The summed E-state index contributed by atoms with van der Waals surface area (Å²) >= 11 is 1.33. The maximum atomic E-state index is 11.8. The van der Waals surface area contributed by atoms with Crippen molar-refractivity contribution < 1.29 is 14.3 Å². The van der Waals surface area contributed by atoms with Gasteiger partial charge in [0.1, 0.15) is 4.75 Å². The van der Waals surface area contributed by atoms with E-state index >= 15 is 0 Å². The molecular weight excluding hydrogens is 191 g/mol. The maximum Gasteiger partial charge on any atom is 0.319 e. The molecule has 13 heavy (non-hydrogen) atoms. The SMILES string of the molecule is CC(C)C(C)(SCCCF)C(=O)O. The van der Waals surface area contributed by atoms with E-state index in [2.05, 4.69) is 0 Å². The minimum Gasteiger partial charge on any atom is -0.480 e. The number of alkyl halides is 1. The molecule has 0 spiro atoms. The molecule has 78 valence electrons. The van der Waals surface area contributed by atoms with Gasteiger partial charge in [-0.1, -0.05) is 13.8 Å². The van der Waals surface area contributed by atoms with Gasteiger partial charge in [0, 0.05) is 0 Å². The summed E-state index contributed by atoms with van der Waals surface area (Å²) in [6.45, 7) is 5.07. The normalized spacial score (nSPS) is 15.8. The van der Waals surface area contributed by atoms with E-state index < -0.39 is 10.7 Å². The highest BCUT2D eigenvalue weighted by Gasteiger charge is 2.36. The number of carboxylic acids is 1. The molecule has 0 amide bonds. The van der Waals surface area contributed by atoms with Crippen molar-refractivity contribution in [1.82, 2.24) is 0 Å². The van der Waals surface area contributed by atoms with Gasteiger partial charge in [-0.3, -0.25) is 9.18 Å². The first-order chi connectivity index (χ1) is 5.95. The van der Waals surface area contributed by atoms with Gasteiger partial charge < -0.3 is 5.11 Å². The van der Waals surface area contributed by atoms with Crippen LogP contribution in [0.3, 0.4) is 0 Å². The Morgan fingerprint density at radius 2 is 2.15 bits per heavy atom. The van der Waals surface area contributed by atoms with Crippen LogP contribution < -0.4 is 0 Å². The molecule has 4 heteroatoms. The van der Waals surface area contributed by atoms with E-state index in [0.29, 0.717) is 12.2 Å². The Bertz CT molecular complexity index is 173. The Balaban J connectivity index is 4.17. The quantitative estimate of drug-likeness (QED) is 0.682. The van der Waals surface area contributed by atoms with E-state index in [1.807, 2.05) is 13.8 Å². The van der Waals surface area contributed by atoms with Crippen LogP contribution >= 0.6 is 11.8 Å². The van der Waals surface area contributed by atoms with Gasteiger partial charge >= 0.3 is 5.97 Å². The van der Waals surface area contributed by atoms with Crippen molar-refractivity contribution >= 4 is 17.7 Å². The summed E-state index contributed by atoms with van der Waals surface area (Å²) in [4.78, 5) is 10.9. The van der Waals surface area contributed by atoms with Gasteiger partial charge in [-0.2, -0.15) is 0 Å². The molecule has 0 rings (SSSR count). The van der Waals surface area contributed by atoms with Crippen LogP contribution in [0.2, 0.25) is 0 Å². The average Bonchev–Trinajstić information content (AvgIpc) is 2.03. The number of carboxylic acid groups (broad SMARTS) is 1. The van der Waals surface area contributed by atoms with E-state index in [0.717, 1.165) is 0 Å². The summed E-state index contributed by atoms with van der Waals surface area (Å²) in [7, 11) is 0. The van der Waals surface area contributed by atoms with Crippen LogP contribution in [-0.4, -0.2) is 28.3 Å². The first kappa shape index (κ1) is 12.8. The van der Waals surface area contributed by atoms with Crippen LogP contribution in [0, 0.1) is 5.92 Å². The number of aliphatic carboxylic acids is 1. The molecule has 0 heterocycles. The molecule has 0 aromatic heterocycles. The topological polar surface area (TPSA) is 37.3 Å². The second-order valence-corrected chi connectivity index (χ2v) is 5.00. The molecule has 1 N–H and O–H groups in total. The van der Waals surface area contributed by atoms with Crippen molar-refractivity contribution in [3.63, 3.8) is 0 Å². The lowest BCUT2D eigenvalue weighted by Crippen LogP contribution is -2.37. The first-order valence-corrected chi connectivity index (χ1v) is 5.37. The molecule has 0 radical (unpaired) electrons. The largest absolute Gasteiger partial charge is 0.480 e. The molecule has 0 aliphatic carbocycles. The Kier molecular flexibility index (Phi) is 5.37. The van der Waals surface area contributed by atoms with Gasteiger partial charge in [-0.15, -0.1) is 11.8 Å². The molecule has 0 aromatic carbocycles. The highest BCUT2D eigenvalue weighted by molar-refractivity contribution is 8.01. The van der Waals surface area contributed by atoms with Crippen molar-refractivity contribution in [2.45, 2.75) is 31.9 Å². The Hall–Kier alpha value is -0.250. The first-order valence-electron chi connectivity index (χ1n) is 4.38. The van der Waals surface area contributed by atoms with Crippen molar-refractivity contribution in [2.24, 2.45) is 5.92 Å². The molecular formula is C9H17FO2S. The van der Waals surface area contributed by atoms with Crippen LogP contribution in [0.15, 0.2) is 0 Å². The zero-order chi connectivity index (χ0) is 10.5. The lowest BCUT2D eigenvalue weighted by molar-refractivity contribution is -0.140. The molecule has 0 aliphatic rings. The van der Waals surface area contributed by atoms with Crippen LogP contribution in [0.25, 0.3) is 0 Å². The van der Waals surface area contributed by atoms with Gasteiger partial charge in [-0.25, -0.2) is 0 Å². The summed E-state index contributed by atoms with van der Waals surface area (Å²) in [6, 6.07) is 0. The third-order valence-electron chi connectivity index (χ3n) is 2.21. The van der Waals surface area contributed by atoms with Gasteiger partial charge in [0.2, 0.25) is 0 Å². The van der Waals surface area contributed by atoms with Crippen LogP contribution in [0.5, 0.6) is 0 Å². The number of thioether (sulfide) groups is 1. The third kappa shape index (κ3) is 3.55. The number of hydrogen-bond donors (Lipinski definition) is 1. The predicted octanol–water partition coefficient (Wildman–Crippen LogP) is 2.58. The molecule has 0 bridgehead atoms. The molecule has 0 aliphatic heterocycles. The lowest BCUT2D eigenvalue weighted by atomic mass is 9.97. The number of carbonyl (C=O) groups is 1. The standard InChI is InChI=1S/C9H17FO2S/c1-7(2)9(3,8(11)12)13-6-4-5-10/h7H,4-6H2,1-3H3,(H,11,12). The molecule has 0 saturated carbocycles. The Morgan fingerprint density at radius 3 is 2.46 bits per heavy atom. The van der Waals surface area contributed by atoms with E-state index in [1.165, 1.54) is 11.8 Å². The van der Waals surface area contributed by atoms with E-state index in [1.54, 1.807) is 6.92 Å². The summed E-state index contributed by atoms with van der Waals surface area (Å²) < 4.78 is 11.0. The summed E-state index contributed by atoms with van der Waals surface area (Å²) in [6.07, 6.45) is 0.431. The Morgan fingerprint density at radius 1 is 1.62 bits per heavy atom. The van der Waals surface area contributed by atoms with Gasteiger partial charge in [0.25, 0.3) is 0 Å². The van der Waals surface area contributed by atoms with Crippen LogP contribution in [-0.2, 0) is 4.79 Å². The van der Waals surface area contributed by atoms with Gasteiger partial charge in [0.05, 0.1) is 6.67 Å². The predicted molar refractivity (Wildman–Crippen MR) is 53.9 cm³/mol. The van der Waals surface area contributed by atoms with Crippen molar-refractivity contribution in [2.75, 3.05) is 12.4 Å². The molecule has 1 unspecified atom stereocenters. The second-order valence-electron chi connectivity index (χ2n) is 3.46. The molecule has 1 atom stereocenters. The lowest BCUT2D eigenvalue weighted by Gasteiger charge is -2.28. The number of hydrogen-bond acceptors (Lipinski definition) is 2. The van der Waals surface area contributed by atoms with Crippen molar-refractivity contribution in [3.05, 3.63) is 0 Å². The average molecular weight is 208 g/mol. The van der Waals surface area contributed by atoms with Gasteiger partial charge in [-0.05, 0) is 25.0 Å². The highest BCUT2D eigenvalue weighted by atomic mass is 32.2. The zero-order valence-electron chi connectivity index (χ0n) is 8.34. The van der Waals surface area contributed by atoms with Crippen LogP contribution in [0.4, 0.5) is 4.39 Å². The van der Waals surface area contributed by atoms with Crippen LogP contribution in [0.1, 0.15) is 27.2 Å². The smallest absolute Gasteiger partial charge is 0.319 e. The molecule has 0 fully saturated rings. The van der Waals surface area contributed by atoms with E-state index in [4.69, 9.17) is 5.11 Å². The van der Waals surface area contributed by atoms with E-state index in [9.17, 15) is 9.18 Å². The highest BCUT2D eigenvalue weighted by Crippen LogP contribution is 2.33. The number of rotatable bonds is 6. The van der Waals surface area contributed by atoms with Gasteiger partial charge in [0.15, 0.2) is 0 Å². The molecule has 0 saturated heterocycles.